The topological polar surface area (TPSA) is 105 Å². The second-order valence-corrected chi connectivity index (χ2v) is 7.15. The van der Waals surface area contributed by atoms with Crippen LogP contribution in [0.2, 0.25) is 0 Å². The number of aryl methyl sites for hydroxylation is 1. The third-order valence-electron chi connectivity index (χ3n) is 5.02. The first-order chi connectivity index (χ1) is 14.6. The number of hydrogen-bond acceptors (Lipinski definition) is 7. The molecule has 0 unspecified atom stereocenters. The van der Waals surface area contributed by atoms with Crippen molar-refractivity contribution in [2.24, 2.45) is 0 Å². The van der Waals surface area contributed by atoms with E-state index in [1.165, 1.54) is 0 Å². The van der Waals surface area contributed by atoms with Crippen molar-refractivity contribution in [1.29, 1.82) is 0 Å². The van der Waals surface area contributed by atoms with Crippen molar-refractivity contribution >= 4 is 11.8 Å². The Kier molecular flexibility index (Phi) is 5.89. The van der Waals surface area contributed by atoms with Crippen LogP contribution in [-0.2, 0) is 0 Å². The second-order valence-electron chi connectivity index (χ2n) is 7.15. The molecule has 3 heterocycles. The van der Waals surface area contributed by atoms with E-state index in [4.69, 9.17) is 9.05 Å². The van der Waals surface area contributed by atoms with E-state index in [1.54, 1.807) is 24.0 Å². The van der Waals surface area contributed by atoms with E-state index in [-0.39, 0.29) is 17.5 Å². The van der Waals surface area contributed by atoms with Crippen LogP contribution in [-0.4, -0.2) is 71.2 Å². The van der Waals surface area contributed by atoms with Gasteiger partial charge in [-0.25, -0.2) is 0 Å². The van der Waals surface area contributed by atoms with Gasteiger partial charge in [-0.05, 0) is 6.92 Å². The van der Waals surface area contributed by atoms with Gasteiger partial charge in [0.2, 0.25) is 0 Å². The number of nitrogens with one attached hydrogen (secondary N) is 1. The van der Waals surface area contributed by atoms with Gasteiger partial charge in [-0.3, -0.25) is 14.5 Å². The number of amides is 2. The molecule has 9 nitrogen and oxygen atoms in total. The predicted molar refractivity (Wildman–Crippen MR) is 108 cm³/mol. The van der Waals surface area contributed by atoms with Crippen LogP contribution in [0.4, 0.5) is 0 Å². The zero-order valence-electron chi connectivity index (χ0n) is 16.7. The van der Waals surface area contributed by atoms with Crippen molar-refractivity contribution in [2.45, 2.75) is 6.92 Å². The largest absolute Gasteiger partial charge is 0.361 e. The maximum absolute atomic E-state index is 12.4. The zero-order chi connectivity index (χ0) is 20.9. The van der Waals surface area contributed by atoms with Gasteiger partial charge in [0.25, 0.3) is 11.8 Å². The molecule has 0 spiro atoms. The summed E-state index contributed by atoms with van der Waals surface area (Å²) in [4.78, 5) is 28.7. The lowest BCUT2D eigenvalue weighted by atomic mass is 10.1. The fourth-order valence-electron chi connectivity index (χ4n) is 3.34. The van der Waals surface area contributed by atoms with Gasteiger partial charge in [-0.1, -0.05) is 40.6 Å². The van der Waals surface area contributed by atoms with Gasteiger partial charge in [-0.15, -0.1) is 0 Å². The number of carbonyl (C=O) groups is 2. The Morgan fingerprint density at radius 3 is 2.43 bits per heavy atom. The molecule has 1 N–H and O–H groups in total. The van der Waals surface area contributed by atoms with E-state index in [1.807, 2.05) is 30.3 Å². The highest BCUT2D eigenvalue weighted by Crippen LogP contribution is 2.19. The Bertz CT molecular complexity index is 1010. The summed E-state index contributed by atoms with van der Waals surface area (Å²) in [7, 11) is 0. The minimum atomic E-state index is -0.267. The number of carbonyl (C=O) groups excluding carboxylic acids is 2. The summed E-state index contributed by atoms with van der Waals surface area (Å²) < 4.78 is 10.2. The fourth-order valence-corrected chi connectivity index (χ4v) is 3.34. The molecular formula is C21H23N5O4. The number of rotatable bonds is 6. The molecule has 156 valence electrons. The average molecular weight is 409 g/mol. The van der Waals surface area contributed by atoms with Crippen LogP contribution in [0.25, 0.3) is 11.3 Å². The third-order valence-corrected chi connectivity index (χ3v) is 5.02. The van der Waals surface area contributed by atoms with Gasteiger partial charge >= 0.3 is 0 Å². The minimum absolute atomic E-state index is 0.111. The van der Waals surface area contributed by atoms with Gasteiger partial charge in [0, 0.05) is 57.0 Å². The summed E-state index contributed by atoms with van der Waals surface area (Å²) in [5.74, 6) is 0.802. The van der Waals surface area contributed by atoms with Gasteiger partial charge in [-0.2, -0.15) is 0 Å². The smallest absolute Gasteiger partial charge is 0.276 e. The van der Waals surface area contributed by atoms with Gasteiger partial charge in [0.05, 0.1) is 0 Å². The maximum atomic E-state index is 12.4. The molecule has 2 amide bonds. The molecule has 1 saturated heterocycles. The molecule has 0 saturated carbocycles. The Morgan fingerprint density at radius 1 is 1.00 bits per heavy atom. The molecular weight excluding hydrogens is 386 g/mol. The molecule has 0 bridgehead atoms. The van der Waals surface area contributed by atoms with E-state index < -0.39 is 0 Å². The first-order valence-corrected chi connectivity index (χ1v) is 9.85. The van der Waals surface area contributed by atoms with E-state index in [2.05, 4.69) is 20.5 Å². The van der Waals surface area contributed by atoms with Crippen LogP contribution in [0.3, 0.4) is 0 Å². The Morgan fingerprint density at radius 2 is 1.73 bits per heavy atom. The molecule has 9 heteroatoms. The molecule has 1 aliphatic rings. The highest BCUT2D eigenvalue weighted by molar-refractivity contribution is 5.93. The molecule has 4 rings (SSSR count). The molecule has 1 aliphatic heterocycles. The lowest BCUT2D eigenvalue weighted by Crippen LogP contribution is -2.50. The highest BCUT2D eigenvalue weighted by atomic mass is 16.5. The van der Waals surface area contributed by atoms with Gasteiger partial charge in [0.1, 0.15) is 5.76 Å². The first-order valence-electron chi connectivity index (χ1n) is 9.85. The maximum Gasteiger partial charge on any atom is 0.276 e. The SMILES string of the molecule is Cc1cc(C(=O)N2CCN(CCNC(=O)c3cc(-c4ccccc4)on3)CC2)no1. The second kappa shape index (κ2) is 8.91. The van der Waals surface area contributed by atoms with Crippen LogP contribution < -0.4 is 5.32 Å². The number of hydrogen-bond donors (Lipinski definition) is 1. The summed E-state index contributed by atoms with van der Waals surface area (Å²) in [6.07, 6.45) is 0. The summed E-state index contributed by atoms with van der Waals surface area (Å²) in [5, 5.41) is 10.5. The summed E-state index contributed by atoms with van der Waals surface area (Å²) in [6, 6.07) is 12.8. The molecule has 1 fully saturated rings. The highest BCUT2D eigenvalue weighted by Gasteiger charge is 2.24. The number of aromatic nitrogens is 2. The quantitative estimate of drug-likeness (QED) is 0.662. The summed E-state index contributed by atoms with van der Waals surface area (Å²) in [5.41, 5.74) is 1.47. The van der Waals surface area contributed by atoms with E-state index in [0.29, 0.717) is 43.4 Å². The van der Waals surface area contributed by atoms with Crippen LogP contribution >= 0.6 is 0 Å². The van der Waals surface area contributed by atoms with Crippen molar-refractivity contribution in [2.75, 3.05) is 39.3 Å². The fraction of sp³-hybridized carbons (Fsp3) is 0.333. The number of nitrogens with zero attached hydrogens (tertiary/aromatic N) is 4. The lowest BCUT2D eigenvalue weighted by Gasteiger charge is -2.34. The molecule has 0 atom stereocenters. The molecule has 1 aromatic carbocycles. The zero-order valence-corrected chi connectivity index (χ0v) is 16.7. The molecule has 0 aliphatic carbocycles. The van der Waals surface area contributed by atoms with Crippen molar-refractivity contribution < 1.29 is 18.6 Å². The van der Waals surface area contributed by atoms with E-state index >= 15 is 0 Å². The van der Waals surface area contributed by atoms with Crippen LogP contribution in [0.5, 0.6) is 0 Å². The minimum Gasteiger partial charge on any atom is -0.361 e. The average Bonchev–Trinajstić information content (AvgIpc) is 3.44. The van der Waals surface area contributed by atoms with Crippen LogP contribution in [0.1, 0.15) is 26.7 Å². The van der Waals surface area contributed by atoms with Crippen LogP contribution in [0, 0.1) is 6.92 Å². The normalized spacial score (nSPS) is 14.6. The number of benzene rings is 1. The van der Waals surface area contributed by atoms with Gasteiger partial charge in [0.15, 0.2) is 17.1 Å². The van der Waals surface area contributed by atoms with E-state index in [0.717, 1.165) is 18.7 Å². The van der Waals surface area contributed by atoms with Crippen molar-refractivity contribution in [3.63, 3.8) is 0 Å². The molecule has 2 aromatic heterocycles. The molecule has 0 radical (unpaired) electrons. The number of piperazine rings is 1. The van der Waals surface area contributed by atoms with Crippen molar-refractivity contribution in [3.8, 4) is 11.3 Å². The standard InChI is InChI=1S/C21H23N5O4/c1-15-13-18(24-29-15)21(28)26-11-9-25(10-12-26)8-7-22-20(27)17-14-19(30-23-17)16-5-3-2-4-6-16/h2-6,13-14H,7-12H2,1H3,(H,22,27). The van der Waals surface area contributed by atoms with Crippen LogP contribution in [0.15, 0.2) is 51.5 Å². The van der Waals surface area contributed by atoms with Gasteiger partial charge < -0.3 is 19.3 Å². The van der Waals surface area contributed by atoms with Crippen molar-refractivity contribution in [1.82, 2.24) is 25.4 Å². The lowest BCUT2D eigenvalue weighted by molar-refractivity contribution is 0.0628. The monoisotopic (exact) mass is 409 g/mol. The Labute approximate surface area is 173 Å². The molecule has 30 heavy (non-hydrogen) atoms. The Hall–Kier alpha value is -3.46. The summed E-state index contributed by atoms with van der Waals surface area (Å²) in [6.45, 7) is 5.65. The summed E-state index contributed by atoms with van der Waals surface area (Å²) >= 11 is 0. The first kappa shape index (κ1) is 19.8. The Balaban J connectivity index is 1.20. The van der Waals surface area contributed by atoms with E-state index in [9.17, 15) is 9.59 Å². The molecule has 3 aromatic rings. The predicted octanol–water partition coefficient (Wildman–Crippen LogP) is 1.83. The van der Waals surface area contributed by atoms with Crippen molar-refractivity contribution in [3.05, 3.63) is 59.6 Å². The third kappa shape index (κ3) is 4.57.